The van der Waals surface area contributed by atoms with Gasteiger partial charge in [-0.15, -0.1) is 12.4 Å². The number of hydrogen-bond donors (Lipinski definition) is 2. The van der Waals surface area contributed by atoms with Crippen LogP contribution in [0.3, 0.4) is 0 Å². The zero-order valence-electron chi connectivity index (χ0n) is 13.3. The summed E-state index contributed by atoms with van der Waals surface area (Å²) in [7, 11) is 0. The quantitative estimate of drug-likeness (QED) is 0.841. The second-order valence-corrected chi connectivity index (χ2v) is 5.80. The van der Waals surface area contributed by atoms with Gasteiger partial charge in [0, 0.05) is 13.1 Å². The highest BCUT2D eigenvalue weighted by Gasteiger charge is 2.37. The molecule has 3 atom stereocenters. The van der Waals surface area contributed by atoms with E-state index in [1.54, 1.807) is 18.2 Å². The van der Waals surface area contributed by atoms with Crippen molar-refractivity contribution in [2.75, 3.05) is 24.6 Å². The fourth-order valence-electron chi connectivity index (χ4n) is 3.01. The first kappa shape index (κ1) is 18.6. The Morgan fingerprint density at radius 3 is 2.88 bits per heavy atom. The van der Waals surface area contributed by atoms with Crippen LogP contribution in [0.2, 0.25) is 0 Å². The van der Waals surface area contributed by atoms with Gasteiger partial charge in [0.05, 0.1) is 18.4 Å². The summed E-state index contributed by atoms with van der Waals surface area (Å²) < 4.78 is 19.3. The lowest BCUT2D eigenvalue weighted by Crippen LogP contribution is -2.57. The summed E-state index contributed by atoms with van der Waals surface area (Å²) >= 11 is 0. The van der Waals surface area contributed by atoms with E-state index in [2.05, 4.69) is 10.6 Å². The summed E-state index contributed by atoms with van der Waals surface area (Å²) in [4.78, 5) is 26.2. The van der Waals surface area contributed by atoms with Crippen molar-refractivity contribution in [2.45, 2.75) is 31.5 Å². The summed E-state index contributed by atoms with van der Waals surface area (Å²) in [5.41, 5.74) is 0.252. The highest BCUT2D eigenvalue weighted by Crippen LogP contribution is 2.24. The molecule has 8 heteroatoms. The Bertz CT molecular complexity index is 616. The van der Waals surface area contributed by atoms with Gasteiger partial charge in [-0.2, -0.15) is 0 Å². The van der Waals surface area contributed by atoms with E-state index in [4.69, 9.17) is 4.74 Å². The molecule has 6 nitrogen and oxygen atoms in total. The van der Waals surface area contributed by atoms with Crippen LogP contribution in [0, 0.1) is 5.82 Å². The molecule has 0 bridgehead atoms. The third kappa shape index (κ3) is 3.68. The predicted octanol–water partition coefficient (Wildman–Crippen LogP) is 0.846. The lowest BCUT2D eigenvalue weighted by molar-refractivity contribution is -0.132. The molecule has 2 N–H and O–H groups in total. The van der Waals surface area contributed by atoms with Crippen LogP contribution < -0.4 is 15.5 Å². The van der Waals surface area contributed by atoms with Gasteiger partial charge >= 0.3 is 0 Å². The molecule has 0 saturated carbocycles. The molecule has 2 aliphatic heterocycles. The Kier molecular flexibility index (Phi) is 6.15. The van der Waals surface area contributed by atoms with Crippen LogP contribution in [0.1, 0.15) is 13.3 Å². The Labute approximate surface area is 146 Å². The van der Waals surface area contributed by atoms with Gasteiger partial charge in [0.1, 0.15) is 17.9 Å². The topological polar surface area (TPSA) is 70.7 Å². The van der Waals surface area contributed by atoms with E-state index in [9.17, 15) is 14.0 Å². The van der Waals surface area contributed by atoms with E-state index in [1.165, 1.54) is 11.0 Å². The van der Waals surface area contributed by atoms with Crippen molar-refractivity contribution in [3.8, 4) is 0 Å². The lowest BCUT2D eigenvalue weighted by atomic mass is 10.1. The Morgan fingerprint density at radius 1 is 1.42 bits per heavy atom. The minimum absolute atomic E-state index is 0. The smallest absolute Gasteiger partial charge is 0.249 e. The van der Waals surface area contributed by atoms with E-state index in [0.717, 1.165) is 0 Å². The number of anilines is 1. The van der Waals surface area contributed by atoms with Crippen LogP contribution in [0.5, 0.6) is 0 Å². The highest BCUT2D eigenvalue weighted by molar-refractivity contribution is 6.01. The van der Waals surface area contributed by atoms with E-state index in [-0.39, 0.29) is 36.0 Å². The van der Waals surface area contributed by atoms with Crippen molar-refractivity contribution in [1.29, 1.82) is 0 Å². The minimum atomic E-state index is -0.627. The Morgan fingerprint density at radius 2 is 2.17 bits per heavy atom. The van der Waals surface area contributed by atoms with Crippen LogP contribution in [0.4, 0.5) is 10.1 Å². The number of para-hydroxylation sites is 1. The number of ether oxygens (including phenoxy) is 1. The predicted molar refractivity (Wildman–Crippen MR) is 89.8 cm³/mol. The molecule has 24 heavy (non-hydrogen) atoms. The number of rotatable bonds is 3. The maximum atomic E-state index is 13.8. The normalized spacial score (nSPS) is 26.8. The van der Waals surface area contributed by atoms with Crippen LogP contribution in [-0.2, 0) is 14.3 Å². The van der Waals surface area contributed by atoms with E-state index in [0.29, 0.717) is 26.1 Å². The van der Waals surface area contributed by atoms with Gasteiger partial charge in [0.25, 0.3) is 0 Å². The zero-order valence-corrected chi connectivity index (χ0v) is 14.1. The summed E-state index contributed by atoms with van der Waals surface area (Å²) in [6.45, 7) is 3.37. The molecule has 2 amide bonds. The van der Waals surface area contributed by atoms with E-state index < -0.39 is 17.9 Å². The van der Waals surface area contributed by atoms with Gasteiger partial charge in [0.2, 0.25) is 11.8 Å². The van der Waals surface area contributed by atoms with Crippen LogP contribution >= 0.6 is 12.4 Å². The van der Waals surface area contributed by atoms with Crippen molar-refractivity contribution < 1.29 is 18.7 Å². The molecule has 2 saturated heterocycles. The largest absolute Gasteiger partial charge is 0.375 e. The molecule has 0 radical (unpaired) electrons. The average Bonchev–Trinajstić information content (AvgIpc) is 2.89. The molecule has 1 aromatic carbocycles. The Hall–Kier alpha value is -1.70. The van der Waals surface area contributed by atoms with Crippen LogP contribution in [0.25, 0.3) is 0 Å². The molecule has 2 aliphatic rings. The second-order valence-electron chi connectivity index (χ2n) is 5.80. The second kappa shape index (κ2) is 7.92. The van der Waals surface area contributed by atoms with Crippen LogP contribution in [-0.4, -0.2) is 49.7 Å². The number of benzene rings is 1. The highest BCUT2D eigenvalue weighted by atomic mass is 35.5. The number of nitrogens with zero attached hydrogens (tertiary/aromatic N) is 1. The average molecular weight is 358 g/mol. The SMILES string of the molecule is C[C@H]1OCCN[C@@H]1C(=O)NC1CCN(c2ccccc2F)C1=O.Cl. The number of nitrogens with one attached hydrogen (secondary N) is 2. The first-order valence-corrected chi connectivity index (χ1v) is 7.79. The monoisotopic (exact) mass is 357 g/mol. The number of morpholine rings is 1. The first-order valence-electron chi connectivity index (χ1n) is 7.79. The minimum Gasteiger partial charge on any atom is -0.375 e. The summed E-state index contributed by atoms with van der Waals surface area (Å²) in [6.07, 6.45) is 0.212. The van der Waals surface area contributed by atoms with Gasteiger partial charge in [-0.1, -0.05) is 12.1 Å². The standard InChI is InChI=1S/C16H20FN3O3.ClH/c1-10-14(18-7-9-23-10)15(21)19-12-6-8-20(16(12)22)13-5-3-2-4-11(13)17;/h2-5,10,12,14,18H,6-9H2,1H3,(H,19,21);1H/t10-,12?,14+;/m1./s1. The molecule has 2 fully saturated rings. The first-order chi connectivity index (χ1) is 11.1. The molecule has 1 aromatic rings. The summed E-state index contributed by atoms with van der Waals surface area (Å²) in [5.74, 6) is -0.984. The third-order valence-electron chi connectivity index (χ3n) is 4.26. The van der Waals surface area contributed by atoms with E-state index >= 15 is 0 Å². The molecule has 0 spiro atoms. The third-order valence-corrected chi connectivity index (χ3v) is 4.26. The molecule has 1 unspecified atom stereocenters. The van der Waals surface area contributed by atoms with Crippen molar-refractivity contribution >= 4 is 29.9 Å². The van der Waals surface area contributed by atoms with Gasteiger partial charge in [-0.3, -0.25) is 9.59 Å². The summed E-state index contributed by atoms with van der Waals surface area (Å²) in [6, 6.07) is 5.05. The number of amides is 2. The summed E-state index contributed by atoms with van der Waals surface area (Å²) in [5, 5.41) is 5.84. The van der Waals surface area contributed by atoms with Crippen molar-refractivity contribution in [2.24, 2.45) is 0 Å². The molecule has 2 heterocycles. The Balaban J connectivity index is 0.00000208. The van der Waals surface area contributed by atoms with Gasteiger partial charge in [0.15, 0.2) is 0 Å². The zero-order chi connectivity index (χ0) is 16.4. The lowest BCUT2D eigenvalue weighted by Gasteiger charge is -2.30. The van der Waals surface area contributed by atoms with Crippen molar-refractivity contribution in [1.82, 2.24) is 10.6 Å². The molecule has 3 rings (SSSR count). The molecule has 132 valence electrons. The van der Waals surface area contributed by atoms with Crippen molar-refractivity contribution in [3.63, 3.8) is 0 Å². The van der Waals surface area contributed by atoms with Gasteiger partial charge < -0.3 is 20.3 Å². The fourth-order valence-corrected chi connectivity index (χ4v) is 3.01. The van der Waals surface area contributed by atoms with Crippen LogP contribution in [0.15, 0.2) is 24.3 Å². The van der Waals surface area contributed by atoms with Gasteiger partial charge in [-0.05, 0) is 25.5 Å². The number of halogens is 2. The van der Waals surface area contributed by atoms with Gasteiger partial charge in [-0.25, -0.2) is 4.39 Å². The number of hydrogen-bond acceptors (Lipinski definition) is 4. The maximum Gasteiger partial charge on any atom is 0.249 e. The maximum absolute atomic E-state index is 13.8. The molecule has 0 aliphatic carbocycles. The number of carbonyl (C=O) groups is 2. The van der Waals surface area contributed by atoms with Crippen molar-refractivity contribution in [3.05, 3.63) is 30.1 Å². The number of carbonyl (C=O) groups excluding carboxylic acids is 2. The molecule has 0 aromatic heterocycles. The van der Waals surface area contributed by atoms with E-state index in [1.807, 2.05) is 6.92 Å². The molecular weight excluding hydrogens is 337 g/mol. The fraction of sp³-hybridized carbons (Fsp3) is 0.500. The molecular formula is C16H21ClFN3O3.